The fraction of sp³-hybridized carbons (Fsp3) is 0.641. The van der Waals surface area contributed by atoms with Gasteiger partial charge in [0.15, 0.2) is 0 Å². The topological polar surface area (TPSA) is 24.7 Å². The first-order chi connectivity index (χ1) is 20.1. The van der Waals surface area contributed by atoms with Crippen LogP contribution >= 0.6 is 0 Å². The van der Waals surface area contributed by atoms with Crippen molar-refractivity contribution in [2.75, 3.05) is 0 Å². The molecule has 0 atom stereocenters. The van der Waals surface area contributed by atoms with E-state index in [1.807, 2.05) is 0 Å². The molecule has 0 spiro atoms. The molecule has 0 aliphatic rings. The summed E-state index contributed by atoms with van der Waals surface area (Å²) in [6.07, 6.45) is 22.4. The van der Waals surface area contributed by atoms with Crippen LogP contribution in [0.4, 0.5) is 11.4 Å². The van der Waals surface area contributed by atoms with Crippen LogP contribution in [0.15, 0.2) is 46.4 Å². The van der Waals surface area contributed by atoms with Crippen LogP contribution in [0.2, 0.25) is 0 Å². The molecule has 0 fully saturated rings. The summed E-state index contributed by atoms with van der Waals surface area (Å²) in [5, 5.41) is 0. The SMILES string of the molecule is CCCCCC(=N\c1cc(CCCC)cc(CCCC)c1)/C(CCCC)=N/c1cc(CCCC)cc(CCCC)c1.[Pd]. The van der Waals surface area contributed by atoms with Crippen molar-refractivity contribution in [3.05, 3.63) is 58.7 Å². The Bertz CT molecular complexity index is 1000. The number of aryl methyl sites for hydroxylation is 4. The van der Waals surface area contributed by atoms with Gasteiger partial charge in [-0.2, -0.15) is 0 Å². The van der Waals surface area contributed by atoms with E-state index in [4.69, 9.17) is 9.98 Å². The maximum absolute atomic E-state index is 5.45. The zero-order chi connectivity index (χ0) is 29.7. The Kier molecular flexibility index (Phi) is 21.8. The summed E-state index contributed by atoms with van der Waals surface area (Å²) in [5.41, 5.74) is 10.5. The minimum Gasteiger partial charge on any atom is -0.252 e. The van der Waals surface area contributed by atoms with Crippen molar-refractivity contribution in [2.24, 2.45) is 9.98 Å². The molecule has 2 aromatic carbocycles. The van der Waals surface area contributed by atoms with Crippen molar-refractivity contribution in [2.45, 2.75) is 164 Å². The fourth-order valence-corrected chi connectivity index (χ4v) is 5.44. The number of hydrogen-bond donors (Lipinski definition) is 0. The second-order valence-electron chi connectivity index (χ2n) is 12.1. The van der Waals surface area contributed by atoms with Gasteiger partial charge in [0.2, 0.25) is 0 Å². The molecule has 3 heteroatoms. The molecule has 0 saturated carbocycles. The van der Waals surface area contributed by atoms with E-state index in [0.29, 0.717) is 0 Å². The molecule has 2 aromatic rings. The average molecular weight is 665 g/mol. The quantitative estimate of drug-likeness (QED) is 0.0680. The predicted octanol–water partition coefficient (Wildman–Crippen LogP) is 12.7. The van der Waals surface area contributed by atoms with E-state index >= 15 is 0 Å². The van der Waals surface area contributed by atoms with Crippen molar-refractivity contribution in [1.29, 1.82) is 0 Å². The van der Waals surface area contributed by atoms with E-state index in [-0.39, 0.29) is 20.4 Å². The zero-order valence-corrected chi connectivity index (χ0v) is 29.7. The normalized spacial score (nSPS) is 12.0. The van der Waals surface area contributed by atoms with Gasteiger partial charge < -0.3 is 0 Å². The van der Waals surface area contributed by atoms with Gasteiger partial charge in [-0.1, -0.05) is 98.6 Å². The standard InChI is InChI=1S/C39H62N2.Pd/c1-7-13-19-25-39(41-37-30-34(22-16-10-4)27-35(31-37)23-17-11-5)38(24-18-12-6)40-36-28-32(20-14-8-2)26-33(29-36)21-15-9-3;/h26-31H,7-25H2,1-6H3;/b40-38+,41-39+;. The smallest absolute Gasteiger partial charge is 0.0639 e. The van der Waals surface area contributed by atoms with Crippen LogP contribution in [0.5, 0.6) is 0 Å². The maximum atomic E-state index is 5.45. The van der Waals surface area contributed by atoms with Gasteiger partial charge in [0.25, 0.3) is 0 Å². The summed E-state index contributed by atoms with van der Waals surface area (Å²) in [4.78, 5) is 10.9. The third-order valence-corrected chi connectivity index (χ3v) is 8.00. The predicted molar refractivity (Wildman–Crippen MR) is 185 cm³/mol. The molecule has 0 N–H and O–H groups in total. The van der Waals surface area contributed by atoms with Gasteiger partial charge in [-0.05, 0) is 124 Å². The largest absolute Gasteiger partial charge is 0.252 e. The number of unbranched alkanes of at least 4 members (excludes halogenated alkanes) is 7. The van der Waals surface area contributed by atoms with Gasteiger partial charge in [-0.3, -0.25) is 9.98 Å². The van der Waals surface area contributed by atoms with E-state index < -0.39 is 0 Å². The van der Waals surface area contributed by atoms with Crippen molar-refractivity contribution in [1.82, 2.24) is 0 Å². The van der Waals surface area contributed by atoms with Crippen molar-refractivity contribution in [3.8, 4) is 0 Å². The third-order valence-electron chi connectivity index (χ3n) is 8.00. The molecule has 0 aromatic heterocycles. The van der Waals surface area contributed by atoms with Gasteiger partial charge in [-0.15, -0.1) is 0 Å². The van der Waals surface area contributed by atoms with E-state index in [1.54, 1.807) is 0 Å². The Morgan fingerprint density at radius 3 is 1.02 bits per heavy atom. The zero-order valence-electron chi connectivity index (χ0n) is 28.1. The minimum atomic E-state index is 0. The summed E-state index contributed by atoms with van der Waals surface area (Å²) in [7, 11) is 0. The monoisotopic (exact) mass is 664 g/mol. The van der Waals surface area contributed by atoms with Crippen molar-refractivity contribution >= 4 is 22.8 Å². The van der Waals surface area contributed by atoms with Crippen molar-refractivity contribution < 1.29 is 20.4 Å². The molecular formula is C39H62N2Pd. The number of hydrogen-bond acceptors (Lipinski definition) is 2. The number of aliphatic imine (C=N–C) groups is 2. The maximum Gasteiger partial charge on any atom is 0.0639 e. The second kappa shape index (κ2) is 23.8. The van der Waals surface area contributed by atoms with E-state index in [0.717, 1.165) is 56.3 Å². The van der Waals surface area contributed by atoms with Gasteiger partial charge in [-0.25, -0.2) is 0 Å². The minimum absolute atomic E-state index is 0. The van der Waals surface area contributed by atoms with Crippen LogP contribution in [0.3, 0.4) is 0 Å². The molecule has 0 amide bonds. The molecule has 0 bridgehead atoms. The van der Waals surface area contributed by atoms with Crippen LogP contribution in [0.25, 0.3) is 0 Å². The summed E-state index contributed by atoms with van der Waals surface area (Å²) in [6, 6.07) is 14.3. The van der Waals surface area contributed by atoms with Crippen LogP contribution < -0.4 is 0 Å². The number of rotatable bonds is 22. The first-order valence-electron chi connectivity index (χ1n) is 17.5. The van der Waals surface area contributed by atoms with Crippen LogP contribution in [-0.4, -0.2) is 11.4 Å². The van der Waals surface area contributed by atoms with Gasteiger partial charge in [0.1, 0.15) is 0 Å². The molecule has 0 heterocycles. The molecule has 0 radical (unpaired) electrons. The van der Waals surface area contributed by atoms with Crippen LogP contribution in [-0.2, 0) is 46.1 Å². The molecule has 42 heavy (non-hydrogen) atoms. The van der Waals surface area contributed by atoms with E-state index in [1.165, 1.54) is 111 Å². The van der Waals surface area contributed by atoms with Gasteiger partial charge >= 0.3 is 0 Å². The van der Waals surface area contributed by atoms with E-state index in [9.17, 15) is 0 Å². The third kappa shape index (κ3) is 15.3. The Balaban J connectivity index is 0.00000882. The molecular weight excluding hydrogens is 603 g/mol. The second-order valence-corrected chi connectivity index (χ2v) is 12.1. The first kappa shape index (κ1) is 38.5. The molecule has 2 rings (SSSR count). The fourth-order valence-electron chi connectivity index (χ4n) is 5.44. The molecule has 0 saturated heterocycles. The first-order valence-corrected chi connectivity index (χ1v) is 17.5. The number of nitrogens with zero attached hydrogens (tertiary/aromatic N) is 2. The number of benzene rings is 2. The summed E-state index contributed by atoms with van der Waals surface area (Å²) < 4.78 is 0. The Labute approximate surface area is 274 Å². The molecule has 2 nitrogen and oxygen atoms in total. The summed E-state index contributed by atoms with van der Waals surface area (Å²) >= 11 is 0. The molecule has 0 aliphatic carbocycles. The van der Waals surface area contributed by atoms with E-state index in [2.05, 4.69) is 77.9 Å². The molecule has 238 valence electrons. The Morgan fingerprint density at radius 2 is 0.714 bits per heavy atom. The summed E-state index contributed by atoms with van der Waals surface area (Å²) in [6.45, 7) is 13.7. The molecule has 0 unspecified atom stereocenters. The van der Waals surface area contributed by atoms with Crippen LogP contribution in [0, 0.1) is 0 Å². The van der Waals surface area contributed by atoms with Crippen molar-refractivity contribution in [3.63, 3.8) is 0 Å². The average Bonchev–Trinajstić information content (AvgIpc) is 2.98. The van der Waals surface area contributed by atoms with Gasteiger partial charge in [0.05, 0.1) is 22.8 Å². The van der Waals surface area contributed by atoms with Crippen LogP contribution in [0.1, 0.15) is 160 Å². The Morgan fingerprint density at radius 1 is 0.405 bits per heavy atom. The van der Waals surface area contributed by atoms with Gasteiger partial charge in [0, 0.05) is 20.4 Å². The Hall–Kier alpha value is -1.56. The molecule has 0 aliphatic heterocycles. The summed E-state index contributed by atoms with van der Waals surface area (Å²) in [5.74, 6) is 0.